The summed E-state index contributed by atoms with van der Waals surface area (Å²) >= 11 is 0. The zero-order chi connectivity index (χ0) is 13.7. The molecular weight excluding hydrogens is 250 g/mol. The van der Waals surface area contributed by atoms with Crippen molar-refractivity contribution < 1.29 is 9.59 Å². The van der Waals surface area contributed by atoms with Crippen LogP contribution in [0.4, 0.5) is 0 Å². The molecule has 4 rings (SSSR count). The summed E-state index contributed by atoms with van der Waals surface area (Å²) in [5.74, 6) is -0.557. The SMILES string of the molecule is O=C1Cc2c3ccccc3cc3cccc(c23)C(=O)N1. The number of hydrogen-bond donors (Lipinski definition) is 1. The number of nitrogens with one attached hydrogen (secondary N) is 1. The first-order valence-electron chi connectivity index (χ1n) is 6.51. The Bertz CT molecular complexity index is 896. The maximum absolute atomic E-state index is 12.1. The van der Waals surface area contributed by atoms with Crippen molar-refractivity contribution in [1.82, 2.24) is 5.32 Å². The highest BCUT2D eigenvalue weighted by atomic mass is 16.2. The maximum atomic E-state index is 12.1. The highest BCUT2D eigenvalue weighted by Crippen LogP contribution is 2.32. The van der Waals surface area contributed by atoms with Gasteiger partial charge >= 0.3 is 0 Å². The van der Waals surface area contributed by atoms with Crippen LogP contribution in [0.25, 0.3) is 21.5 Å². The molecule has 0 spiro atoms. The van der Waals surface area contributed by atoms with Crippen molar-refractivity contribution >= 4 is 33.4 Å². The molecule has 3 heteroatoms. The molecule has 0 atom stereocenters. The number of amides is 2. The second-order valence-corrected chi connectivity index (χ2v) is 5.03. The van der Waals surface area contributed by atoms with E-state index in [0.29, 0.717) is 5.56 Å². The van der Waals surface area contributed by atoms with Crippen molar-refractivity contribution in [1.29, 1.82) is 0 Å². The molecule has 1 N–H and O–H groups in total. The number of carbonyl (C=O) groups excluding carboxylic acids is 2. The molecule has 0 fully saturated rings. The summed E-state index contributed by atoms with van der Waals surface area (Å²) < 4.78 is 0. The van der Waals surface area contributed by atoms with Gasteiger partial charge in [-0.1, -0.05) is 36.4 Å². The van der Waals surface area contributed by atoms with Gasteiger partial charge in [0.15, 0.2) is 0 Å². The standard InChI is InChI=1S/C17H11NO2/c19-15-9-14-12-6-2-1-4-10(12)8-11-5-3-7-13(16(11)14)17(20)18-15/h1-8H,9H2,(H,18,19,20). The highest BCUT2D eigenvalue weighted by molar-refractivity contribution is 6.19. The van der Waals surface area contributed by atoms with Crippen LogP contribution in [-0.4, -0.2) is 11.8 Å². The molecule has 0 bridgehead atoms. The van der Waals surface area contributed by atoms with Gasteiger partial charge in [0, 0.05) is 5.56 Å². The molecule has 0 saturated heterocycles. The fourth-order valence-electron chi connectivity index (χ4n) is 3.00. The number of benzene rings is 3. The predicted molar refractivity (Wildman–Crippen MR) is 77.6 cm³/mol. The second-order valence-electron chi connectivity index (χ2n) is 5.03. The molecule has 0 saturated carbocycles. The summed E-state index contributed by atoms with van der Waals surface area (Å²) in [6.07, 6.45) is 0.237. The molecule has 3 aromatic rings. The van der Waals surface area contributed by atoms with E-state index in [0.717, 1.165) is 27.1 Å². The lowest BCUT2D eigenvalue weighted by Crippen LogP contribution is -2.29. The Morgan fingerprint density at radius 3 is 2.60 bits per heavy atom. The molecular formula is C17H11NO2. The summed E-state index contributed by atoms with van der Waals surface area (Å²) in [5, 5.41) is 6.47. The summed E-state index contributed by atoms with van der Waals surface area (Å²) in [6, 6.07) is 15.6. The van der Waals surface area contributed by atoms with Gasteiger partial charge < -0.3 is 0 Å². The van der Waals surface area contributed by atoms with E-state index in [1.807, 2.05) is 36.4 Å². The molecule has 1 aliphatic heterocycles. The van der Waals surface area contributed by atoms with Gasteiger partial charge in [-0.2, -0.15) is 0 Å². The number of carbonyl (C=O) groups is 2. The number of fused-ring (bicyclic) bond motifs is 2. The van der Waals surface area contributed by atoms with E-state index >= 15 is 0 Å². The topological polar surface area (TPSA) is 46.2 Å². The third-order valence-electron chi connectivity index (χ3n) is 3.83. The van der Waals surface area contributed by atoms with E-state index in [-0.39, 0.29) is 18.2 Å². The Morgan fingerprint density at radius 2 is 1.70 bits per heavy atom. The van der Waals surface area contributed by atoms with Crippen LogP contribution in [0.15, 0.2) is 48.5 Å². The number of hydrogen-bond acceptors (Lipinski definition) is 2. The monoisotopic (exact) mass is 261 g/mol. The van der Waals surface area contributed by atoms with Crippen LogP contribution < -0.4 is 5.32 Å². The summed E-state index contributed by atoms with van der Waals surface area (Å²) in [7, 11) is 0. The van der Waals surface area contributed by atoms with Crippen LogP contribution in [0.3, 0.4) is 0 Å². The largest absolute Gasteiger partial charge is 0.292 e. The maximum Gasteiger partial charge on any atom is 0.258 e. The lowest BCUT2D eigenvalue weighted by molar-refractivity contribution is -0.119. The molecule has 1 aliphatic rings. The Hall–Kier alpha value is -2.68. The smallest absolute Gasteiger partial charge is 0.258 e. The van der Waals surface area contributed by atoms with Crippen molar-refractivity contribution in [2.24, 2.45) is 0 Å². The van der Waals surface area contributed by atoms with E-state index in [1.54, 1.807) is 6.07 Å². The molecule has 2 amide bonds. The zero-order valence-electron chi connectivity index (χ0n) is 10.6. The van der Waals surface area contributed by atoms with Gasteiger partial charge in [-0.3, -0.25) is 14.9 Å². The van der Waals surface area contributed by atoms with Crippen LogP contribution in [0.1, 0.15) is 15.9 Å². The lowest BCUT2D eigenvalue weighted by Gasteiger charge is -2.10. The van der Waals surface area contributed by atoms with Gasteiger partial charge in [0.1, 0.15) is 0 Å². The minimum absolute atomic E-state index is 0.237. The zero-order valence-corrected chi connectivity index (χ0v) is 10.6. The third-order valence-corrected chi connectivity index (χ3v) is 3.83. The molecule has 0 aromatic heterocycles. The fraction of sp³-hybridized carbons (Fsp3) is 0.0588. The van der Waals surface area contributed by atoms with Gasteiger partial charge in [-0.15, -0.1) is 0 Å². The molecule has 3 aromatic carbocycles. The van der Waals surface area contributed by atoms with E-state index in [9.17, 15) is 9.59 Å². The van der Waals surface area contributed by atoms with Gasteiger partial charge in [0.25, 0.3) is 5.91 Å². The Labute approximate surface area is 115 Å². The van der Waals surface area contributed by atoms with Crippen molar-refractivity contribution in [3.05, 3.63) is 59.7 Å². The van der Waals surface area contributed by atoms with Crippen molar-refractivity contribution in [3.8, 4) is 0 Å². The Kier molecular flexibility index (Phi) is 2.18. The lowest BCUT2D eigenvalue weighted by atomic mass is 9.92. The average molecular weight is 261 g/mol. The van der Waals surface area contributed by atoms with Crippen LogP contribution >= 0.6 is 0 Å². The van der Waals surface area contributed by atoms with Crippen LogP contribution in [-0.2, 0) is 11.2 Å². The Balaban J connectivity index is 2.27. The van der Waals surface area contributed by atoms with E-state index in [2.05, 4.69) is 11.4 Å². The van der Waals surface area contributed by atoms with Crippen LogP contribution in [0.2, 0.25) is 0 Å². The van der Waals surface area contributed by atoms with Crippen molar-refractivity contribution in [2.75, 3.05) is 0 Å². The molecule has 20 heavy (non-hydrogen) atoms. The Morgan fingerprint density at radius 1 is 0.900 bits per heavy atom. The number of imide groups is 1. The van der Waals surface area contributed by atoms with E-state index in [4.69, 9.17) is 0 Å². The molecule has 0 aliphatic carbocycles. The molecule has 1 heterocycles. The third kappa shape index (κ3) is 1.46. The number of rotatable bonds is 0. The van der Waals surface area contributed by atoms with E-state index in [1.165, 1.54) is 0 Å². The molecule has 0 unspecified atom stereocenters. The molecule has 3 nitrogen and oxygen atoms in total. The minimum atomic E-state index is -0.311. The van der Waals surface area contributed by atoms with E-state index < -0.39 is 0 Å². The average Bonchev–Trinajstić information content (AvgIpc) is 2.58. The summed E-state index contributed by atoms with van der Waals surface area (Å²) in [4.78, 5) is 24.0. The summed E-state index contributed by atoms with van der Waals surface area (Å²) in [5.41, 5.74) is 1.52. The second kappa shape index (κ2) is 3.90. The van der Waals surface area contributed by atoms with Gasteiger partial charge in [-0.05, 0) is 39.2 Å². The van der Waals surface area contributed by atoms with Crippen LogP contribution in [0.5, 0.6) is 0 Å². The normalized spacial score (nSPS) is 14.4. The summed E-state index contributed by atoms with van der Waals surface area (Å²) in [6.45, 7) is 0. The van der Waals surface area contributed by atoms with Crippen molar-refractivity contribution in [3.63, 3.8) is 0 Å². The van der Waals surface area contributed by atoms with Crippen molar-refractivity contribution in [2.45, 2.75) is 6.42 Å². The highest BCUT2D eigenvalue weighted by Gasteiger charge is 2.22. The molecule has 96 valence electrons. The van der Waals surface area contributed by atoms with Gasteiger partial charge in [0.2, 0.25) is 5.91 Å². The van der Waals surface area contributed by atoms with Gasteiger partial charge in [0.05, 0.1) is 6.42 Å². The predicted octanol–water partition coefficient (Wildman–Crippen LogP) is 2.81. The van der Waals surface area contributed by atoms with Gasteiger partial charge in [-0.25, -0.2) is 0 Å². The minimum Gasteiger partial charge on any atom is -0.292 e. The quantitative estimate of drug-likeness (QED) is 0.499. The fourth-order valence-corrected chi connectivity index (χ4v) is 3.00. The van der Waals surface area contributed by atoms with Crippen LogP contribution in [0, 0.1) is 0 Å². The first kappa shape index (κ1) is 11.2. The first-order valence-corrected chi connectivity index (χ1v) is 6.51. The first-order chi connectivity index (χ1) is 9.74. The molecule has 0 radical (unpaired) electrons.